The first-order valence-electron chi connectivity index (χ1n) is 6.93. The number of hydrogen-bond donors (Lipinski definition) is 2. The first-order chi connectivity index (χ1) is 9.36. The summed E-state index contributed by atoms with van der Waals surface area (Å²) >= 11 is 0. The molecule has 0 aliphatic heterocycles. The van der Waals surface area contributed by atoms with E-state index in [9.17, 15) is 14.7 Å². The van der Waals surface area contributed by atoms with Gasteiger partial charge >= 0.3 is 5.97 Å². The lowest BCUT2D eigenvalue weighted by atomic mass is 9.93. The van der Waals surface area contributed by atoms with Gasteiger partial charge in [0, 0.05) is 18.9 Å². The highest BCUT2D eigenvalue weighted by molar-refractivity contribution is 5.82. The molecule has 1 rings (SSSR count). The van der Waals surface area contributed by atoms with Gasteiger partial charge in [-0.25, -0.2) is 9.78 Å². The van der Waals surface area contributed by atoms with Crippen molar-refractivity contribution in [3.05, 3.63) is 22.7 Å². The Kier molecular flexibility index (Phi) is 5.30. The summed E-state index contributed by atoms with van der Waals surface area (Å²) in [5.74, 6) is -0.549. The van der Waals surface area contributed by atoms with Crippen LogP contribution in [-0.2, 0) is 11.3 Å². The molecule has 1 heterocycles. The SMILES string of the molecule is CCC(CC)(Nc1nccn(CC(C)C)c1=O)C(=O)O. The zero-order valence-electron chi connectivity index (χ0n) is 12.5. The molecule has 0 bridgehead atoms. The summed E-state index contributed by atoms with van der Waals surface area (Å²) < 4.78 is 1.55. The summed E-state index contributed by atoms with van der Waals surface area (Å²) in [6.45, 7) is 8.16. The smallest absolute Gasteiger partial charge is 0.329 e. The number of nitrogens with one attached hydrogen (secondary N) is 1. The van der Waals surface area contributed by atoms with E-state index < -0.39 is 11.5 Å². The Labute approximate surface area is 118 Å². The number of nitrogens with zero attached hydrogens (tertiary/aromatic N) is 2. The van der Waals surface area contributed by atoms with Crippen LogP contribution in [0.5, 0.6) is 0 Å². The van der Waals surface area contributed by atoms with Gasteiger partial charge in [0.2, 0.25) is 0 Å². The molecule has 20 heavy (non-hydrogen) atoms. The van der Waals surface area contributed by atoms with E-state index in [4.69, 9.17) is 0 Å². The number of carboxylic acids is 1. The van der Waals surface area contributed by atoms with Crippen molar-refractivity contribution in [1.82, 2.24) is 9.55 Å². The molecule has 6 heteroatoms. The molecule has 0 atom stereocenters. The Balaban J connectivity index is 3.15. The maximum absolute atomic E-state index is 12.3. The third-order valence-corrected chi connectivity index (χ3v) is 3.45. The molecule has 0 spiro atoms. The molecule has 0 fully saturated rings. The lowest BCUT2D eigenvalue weighted by molar-refractivity contribution is -0.142. The molecule has 0 saturated heterocycles. The average Bonchev–Trinajstić information content (AvgIpc) is 2.39. The summed E-state index contributed by atoms with van der Waals surface area (Å²) in [5.41, 5.74) is -1.43. The molecule has 1 aromatic heterocycles. The van der Waals surface area contributed by atoms with Crippen LogP contribution in [0.15, 0.2) is 17.2 Å². The number of hydrogen-bond acceptors (Lipinski definition) is 4. The fraction of sp³-hybridized carbons (Fsp3) is 0.643. The summed E-state index contributed by atoms with van der Waals surface area (Å²) in [6, 6.07) is 0. The number of rotatable bonds is 7. The average molecular weight is 281 g/mol. The number of aliphatic carboxylic acids is 1. The normalized spacial score (nSPS) is 11.7. The number of aromatic nitrogens is 2. The van der Waals surface area contributed by atoms with Gasteiger partial charge in [0.25, 0.3) is 5.56 Å². The van der Waals surface area contributed by atoms with Crippen LogP contribution < -0.4 is 10.9 Å². The van der Waals surface area contributed by atoms with Crippen molar-refractivity contribution in [2.24, 2.45) is 5.92 Å². The number of carboxylic acid groups (broad SMARTS) is 1. The van der Waals surface area contributed by atoms with Gasteiger partial charge in [-0.15, -0.1) is 0 Å². The third-order valence-electron chi connectivity index (χ3n) is 3.45. The van der Waals surface area contributed by atoms with Gasteiger partial charge in [0.05, 0.1) is 0 Å². The van der Waals surface area contributed by atoms with Gasteiger partial charge in [0.1, 0.15) is 5.54 Å². The molecule has 0 unspecified atom stereocenters. The molecule has 112 valence electrons. The van der Waals surface area contributed by atoms with Crippen LogP contribution in [0.2, 0.25) is 0 Å². The molecule has 0 saturated carbocycles. The third kappa shape index (κ3) is 3.37. The standard InChI is InChI=1S/C14H23N3O3/c1-5-14(6-2,13(19)20)16-11-12(18)17(8-7-15-11)9-10(3)4/h7-8,10H,5-6,9H2,1-4H3,(H,15,16)(H,19,20). The van der Waals surface area contributed by atoms with Crippen molar-refractivity contribution >= 4 is 11.8 Å². The van der Waals surface area contributed by atoms with Crippen LogP contribution >= 0.6 is 0 Å². The van der Waals surface area contributed by atoms with E-state index in [1.807, 2.05) is 13.8 Å². The van der Waals surface area contributed by atoms with Crippen LogP contribution in [0.4, 0.5) is 5.82 Å². The zero-order chi connectivity index (χ0) is 15.3. The summed E-state index contributed by atoms with van der Waals surface area (Å²) in [5, 5.41) is 12.2. The van der Waals surface area contributed by atoms with Crippen molar-refractivity contribution in [3.63, 3.8) is 0 Å². The van der Waals surface area contributed by atoms with Crippen molar-refractivity contribution in [2.45, 2.75) is 52.6 Å². The molecule has 1 aromatic rings. The van der Waals surface area contributed by atoms with Crippen molar-refractivity contribution < 1.29 is 9.90 Å². The minimum atomic E-state index is -1.15. The van der Waals surface area contributed by atoms with E-state index in [1.165, 1.54) is 6.20 Å². The van der Waals surface area contributed by atoms with E-state index in [-0.39, 0.29) is 11.4 Å². The van der Waals surface area contributed by atoms with Crippen LogP contribution in [0, 0.1) is 5.92 Å². The van der Waals surface area contributed by atoms with Crippen molar-refractivity contribution in [3.8, 4) is 0 Å². The topological polar surface area (TPSA) is 84.2 Å². The van der Waals surface area contributed by atoms with E-state index in [0.717, 1.165) is 0 Å². The molecular formula is C14H23N3O3. The fourth-order valence-electron chi connectivity index (χ4n) is 2.08. The van der Waals surface area contributed by atoms with Crippen LogP contribution in [0.25, 0.3) is 0 Å². The summed E-state index contributed by atoms with van der Waals surface area (Å²) in [7, 11) is 0. The summed E-state index contributed by atoms with van der Waals surface area (Å²) in [4.78, 5) is 27.7. The van der Waals surface area contributed by atoms with Gasteiger partial charge in [0.15, 0.2) is 5.82 Å². The first kappa shape index (κ1) is 16.2. The minimum Gasteiger partial charge on any atom is -0.480 e. The van der Waals surface area contributed by atoms with Crippen LogP contribution in [0.3, 0.4) is 0 Å². The molecule has 0 aliphatic rings. The lowest BCUT2D eigenvalue weighted by Crippen LogP contribution is -2.47. The monoisotopic (exact) mass is 281 g/mol. The molecule has 0 aromatic carbocycles. The van der Waals surface area contributed by atoms with E-state index in [2.05, 4.69) is 10.3 Å². The Morgan fingerprint density at radius 3 is 2.50 bits per heavy atom. The maximum Gasteiger partial charge on any atom is 0.329 e. The Hall–Kier alpha value is -1.85. The predicted molar refractivity (Wildman–Crippen MR) is 77.9 cm³/mol. The molecule has 0 aliphatic carbocycles. The molecule has 6 nitrogen and oxygen atoms in total. The second-order valence-corrected chi connectivity index (χ2v) is 5.35. The fourth-order valence-corrected chi connectivity index (χ4v) is 2.08. The summed E-state index contributed by atoms with van der Waals surface area (Å²) in [6.07, 6.45) is 3.88. The predicted octanol–water partition coefficient (Wildman–Crippen LogP) is 1.95. The molecule has 2 N–H and O–H groups in total. The molecular weight excluding hydrogens is 258 g/mol. The van der Waals surface area contributed by atoms with Gasteiger partial charge in [-0.3, -0.25) is 4.79 Å². The number of carbonyl (C=O) groups is 1. The highest BCUT2D eigenvalue weighted by Gasteiger charge is 2.35. The van der Waals surface area contributed by atoms with E-state index in [1.54, 1.807) is 24.6 Å². The Bertz CT molecular complexity index is 519. The number of anilines is 1. The van der Waals surface area contributed by atoms with Crippen LogP contribution in [-0.4, -0.2) is 26.2 Å². The highest BCUT2D eigenvalue weighted by Crippen LogP contribution is 2.19. The van der Waals surface area contributed by atoms with E-state index in [0.29, 0.717) is 25.3 Å². The van der Waals surface area contributed by atoms with Gasteiger partial charge in [-0.05, 0) is 18.8 Å². The Morgan fingerprint density at radius 2 is 2.05 bits per heavy atom. The highest BCUT2D eigenvalue weighted by atomic mass is 16.4. The minimum absolute atomic E-state index is 0.0965. The Morgan fingerprint density at radius 1 is 1.45 bits per heavy atom. The largest absolute Gasteiger partial charge is 0.480 e. The quantitative estimate of drug-likeness (QED) is 0.798. The maximum atomic E-state index is 12.3. The zero-order valence-corrected chi connectivity index (χ0v) is 12.5. The van der Waals surface area contributed by atoms with Crippen LogP contribution in [0.1, 0.15) is 40.5 Å². The van der Waals surface area contributed by atoms with Gasteiger partial charge in [-0.2, -0.15) is 0 Å². The van der Waals surface area contributed by atoms with E-state index >= 15 is 0 Å². The second kappa shape index (κ2) is 6.54. The molecule has 0 amide bonds. The van der Waals surface area contributed by atoms with Gasteiger partial charge < -0.3 is 15.0 Å². The van der Waals surface area contributed by atoms with Gasteiger partial charge in [-0.1, -0.05) is 27.7 Å². The van der Waals surface area contributed by atoms with Crippen molar-refractivity contribution in [1.29, 1.82) is 0 Å². The first-order valence-corrected chi connectivity index (χ1v) is 6.93. The van der Waals surface area contributed by atoms with Crippen molar-refractivity contribution in [2.75, 3.05) is 5.32 Å². The lowest BCUT2D eigenvalue weighted by Gasteiger charge is -2.28. The second-order valence-electron chi connectivity index (χ2n) is 5.35. The molecule has 0 radical (unpaired) electrons.